The number of amides is 1. The maximum absolute atomic E-state index is 12.8. The number of pyridine rings is 1. The van der Waals surface area contributed by atoms with Crippen molar-refractivity contribution >= 4 is 29.0 Å². The van der Waals surface area contributed by atoms with E-state index in [0.717, 1.165) is 21.2 Å². The Labute approximate surface area is 128 Å². The van der Waals surface area contributed by atoms with Crippen molar-refractivity contribution in [3.05, 3.63) is 41.1 Å². The van der Waals surface area contributed by atoms with Crippen LogP contribution in [0.5, 0.6) is 0 Å². The number of carbonyl (C=O) groups excluding carboxylic acids is 1. The van der Waals surface area contributed by atoms with Crippen LogP contribution in [0.15, 0.2) is 34.3 Å². The second-order valence-electron chi connectivity index (χ2n) is 5.20. The third kappa shape index (κ3) is 2.27. The minimum Gasteiger partial charge on any atom is -0.397 e. The first-order valence-corrected chi connectivity index (χ1v) is 7.69. The zero-order valence-electron chi connectivity index (χ0n) is 12.3. The fourth-order valence-corrected chi connectivity index (χ4v) is 3.88. The van der Waals surface area contributed by atoms with Crippen LogP contribution in [0.25, 0.3) is 0 Å². The summed E-state index contributed by atoms with van der Waals surface area (Å²) in [5, 5.41) is 0.719. The van der Waals surface area contributed by atoms with Crippen LogP contribution in [0.2, 0.25) is 0 Å². The molecule has 1 amide bonds. The lowest BCUT2D eigenvalue weighted by Gasteiger charge is -2.23. The van der Waals surface area contributed by atoms with Gasteiger partial charge in [0.1, 0.15) is 5.03 Å². The fraction of sp³-hybridized carbons (Fsp3) is 0.250. The summed E-state index contributed by atoms with van der Waals surface area (Å²) >= 11 is 1.53. The number of fused-ring (bicyclic) bond motifs is 2. The monoisotopic (exact) mass is 299 g/mol. The molecule has 108 valence electrons. The number of benzene rings is 1. The molecule has 0 saturated carbocycles. The van der Waals surface area contributed by atoms with E-state index in [9.17, 15) is 4.79 Å². The number of hydrogen-bond acceptors (Lipinski definition) is 4. The number of carbonyl (C=O) groups is 1. The summed E-state index contributed by atoms with van der Waals surface area (Å²) in [6.07, 6.45) is 1.60. The molecule has 0 radical (unpaired) electrons. The highest BCUT2D eigenvalue weighted by atomic mass is 32.2. The number of anilines is 2. The quantitative estimate of drug-likeness (QED) is 0.876. The molecule has 2 heterocycles. The minimum absolute atomic E-state index is 0.0366. The first-order chi connectivity index (χ1) is 10.0. The highest BCUT2D eigenvalue weighted by Gasteiger charge is 2.28. The third-order valence-corrected chi connectivity index (χ3v) is 4.60. The van der Waals surface area contributed by atoms with E-state index in [2.05, 4.69) is 24.0 Å². The number of rotatable bonds is 1. The summed E-state index contributed by atoms with van der Waals surface area (Å²) in [7, 11) is 0. The lowest BCUT2D eigenvalue weighted by molar-refractivity contribution is 0.0985. The fourth-order valence-electron chi connectivity index (χ4n) is 2.70. The number of aryl methyl sites for hydroxylation is 2. The Morgan fingerprint density at radius 2 is 2.05 bits per heavy atom. The molecule has 0 fully saturated rings. The van der Waals surface area contributed by atoms with Crippen molar-refractivity contribution in [2.45, 2.75) is 30.7 Å². The zero-order chi connectivity index (χ0) is 15.1. The van der Waals surface area contributed by atoms with E-state index in [1.54, 1.807) is 12.3 Å². The largest absolute Gasteiger partial charge is 0.397 e. The molecule has 1 aliphatic rings. The summed E-state index contributed by atoms with van der Waals surface area (Å²) in [6, 6.07) is 5.93. The van der Waals surface area contributed by atoms with Crippen molar-refractivity contribution in [1.82, 2.24) is 4.98 Å². The standard InChI is InChI=1S/C16H17N3OS/c1-4-19-14-10(3)5-9(2)6-13(14)21-15-12(16(19)20)7-11(17)8-18-15/h5-8H,4,17H2,1-3H3. The van der Waals surface area contributed by atoms with E-state index < -0.39 is 0 Å². The van der Waals surface area contributed by atoms with Gasteiger partial charge in [0.15, 0.2) is 0 Å². The molecule has 1 aliphatic heterocycles. The number of nitrogens with two attached hydrogens (primary N) is 1. The normalized spacial score (nSPS) is 13.7. The number of hydrogen-bond donors (Lipinski definition) is 1. The van der Waals surface area contributed by atoms with Gasteiger partial charge in [-0.1, -0.05) is 17.8 Å². The molecule has 3 rings (SSSR count). The molecule has 0 aliphatic carbocycles. The number of nitrogen functional groups attached to an aromatic ring is 1. The van der Waals surface area contributed by atoms with Gasteiger partial charge in [-0.05, 0) is 44.0 Å². The van der Waals surface area contributed by atoms with Gasteiger partial charge in [-0.2, -0.15) is 0 Å². The van der Waals surface area contributed by atoms with Crippen molar-refractivity contribution in [1.29, 1.82) is 0 Å². The third-order valence-electron chi connectivity index (χ3n) is 3.55. The molecule has 4 nitrogen and oxygen atoms in total. The molecule has 1 aromatic carbocycles. The van der Waals surface area contributed by atoms with E-state index in [1.807, 2.05) is 18.7 Å². The van der Waals surface area contributed by atoms with Crippen LogP contribution in [0.1, 0.15) is 28.4 Å². The van der Waals surface area contributed by atoms with Crippen LogP contribution in [-0.2, 0) is 0 Å². The van der Waals surface area contributed by atoms with Crippen LogP contribution in [0, 0.1) is 13.8 Å². The Morgan fingerprint density at radius 1 is 1.29 bits per heavy atom. The molecule has 5 heteroatoms. The lowest BCUT2D eigenvalue weighted by atomic mass is 10.1. The van der Waals surface area contributed by atoms with Gasteiger partial charge in [0.05, 0.1) is 23.1 Å². The molecule has 21 heavy (non-hydrogen) atoms. The molecular weight excluding hydrogens is 282 g/mol. The van der Waals surface area contributed by atoms with Crippen LogP contribution < -0.4 is 10.6 Å². The summed E-state index contributed by atoms with van der Waals surface area (Å²) in [4.78, 5) is 20.1. The smallest absolute Gasteiger partial charge is 0.261 e. The average Bonchev–Trinajstić information content (AvgIpc) is 2.54. The van der Waals surface area contributed by atoms with Gasteiger partial charge in [-0.15, -0.1) is 0 Å². The maximum Gasteiger partial charge on any atom is 0.261 e. The lowest BCUT2D eigenvalue weighted by Crippen LogP contribution is -2.31. The van der Waals surface area contributed by atoms with Gasteiger partial charge in [-0.3, -0.25) is 4.79 Å². The van der Waals surface area contributed by atoms with Gasteiger partial charge in [0, 0.05) is 11.4 Å². The molecule has 0 spiro atoms. The molecule has 0 saturated heterocycles. The minimum atomic E-state index is -0.0366. The second kappa shape index (κ2) is 5.07. The Bertz CT molecular complexity index is 743. The van der Waals surface area contributed by atoms with Crippen LogP contribution in [0.3, 0.4) is 0 Å². The summed E-state index contributed by atoms with van der Waals surface area (Å²) < 4.78 is 0. The van der Waals surface area contributed by atoms with Gasteiger partial charge in [-0.25, -0.2) is 4.98 Å². The van der Waals surface area contributed by atoms with E-state index >= 15 is 0 Å². The van der Waals surface area contributed by atoms with Gasteiger partial charge in [0.2, 0.25) is 0 Å². The first kappa shape index (κ1) is 13.9. The molecule has 0 atom stereocenters. The predicted molar refractivity (Wildman–Crippen MR) is 86.0 cm³/mol. The van der Waals surface area contributed by atoms with Crippen molar-refractivity contribution in [2.24, 2.45) is 0 Å². The summed E-state index contributed by atoms with van der Waals surface area (Å²) in [5.74, 6) is -0.0366. The van der Waals surface area contributed by atoms with E-state index in [-0.39, 0.29) is 5.91 Å². The van der Waals surface area contributed by atoms with Crippen LogP contribution in [-0.4, -0.2) is 17.4 Å². The van der Waals surface area contributed by atoms with E-state index in [0.29, 0.717) is 17.8 Å². The van der Waals surface area contributed by atoms with Crippen molar-refractivity contribution in [3.8, 4) is 0 Å². The summed E-state index contributed by atoms with van der Waals surface area (Å²) in [5.41, 5.74) is 10.2. The summed E-state index contributed by atoms with van der Waals surface area (Å²) in [6.45, 7) is 6.70. The second-order valence-corrected chi connectivity index (χ2v) is 6.23. The maximum atomic E-state index is 12.8. The number of aromatic nitrogens is 1. The van der Waals surface area contributed by atoms with Crippen molar-refractivity contribution < 1.29 is 4.79 Å². The average molecular weight is 299 g/mol. The Morgan fingerprint density at radius 3 is 2.76 bits per heavy atom. The highest BCUT2D eigenvalue weighted by Crippen LogP contribution is 2.42. The van der Waals surface area contributed by atoms with Gasteiger partial charge >= 0.3 is 0 Å². The van der Waals surface area contributed by atoms with E-state index in [1.165, 1.54) is 17.3 Å². The Balaban J connectivity index is 2.28. The highest BCUT2D eigenvalue weighted by molar-refractivity contribution is 7.99. The SMILES string of the molecule is CCN1C(=O)c2cc(N)cnc2Sc2cc(C)cc(C)c21. The topological polar surface area (TPSA) is 59.2 Å². The van der Waals surface area contributed by atoms with Crippen molar-refractivity contribution in [2.75, 3.05) is 17.2 Å². The molecule has 0 unspecified atom stereocenters. The van der Waals surface area contributed by atoms with Gasteiger partial charge in [0.25, 0.3) is 5.91 Å². The Kier molecular flexibility index (Phi) is 3.37. The molecular formula is C16H17N3OS. The molecule has 1 aromatic heterocycles. The first-order valence-electron chi connectivity index (χ1n) is 6.87. The molecule has 2 aromatic rings. The number of nitrogens with zero attached hydrogens (tertiary/aromatic N) is 2. The van der Waals surface area contributed by atoms with E-state index in [4.69, 9.17) is 5.73 Å². The van der Waals surface area contributed by atoms with Gasteiger partial charge < -0.3 is 10.6 Å². The van der Waals surface area contributed by atoms with Crippen LogP contribution in [0.4, 0.5) is 11.4 Å². The predicted octanol–water partition coefficient (Wildman–Crippen LogP) is 3.41. The molecule has 2 N–H and O–H groups in total. The molecule has 0 bridgehead atoms. The van der Waals surface area contributed by atoms with Crippen LogP contribution >= 0.6 is 11.8 Å². The zero-order valence-corrected chi connectivity index (χ0v) is 13.1. The Hall–Kier alpha value is -2.01. The van der Waals surface area contributed by atoms with Crippen molar-refractivity contribution in [3.63, 3.8) is 0 Å².